The van der Waals surface area contributed by atoms with Crippen molar-refractivity contribution in [1.82, 2.24) is 0 Å². The maximum atomic E-state index is 4.47. The first-order valence-electron chi connectivity index (χ1n) is 7.46. The van der Waals surface area contributed by atoms with Gasteiger partial charge in [0.2, 0.25) is 0 Å². The van der Waals surface area contributed by atoms with Gasteiger partial charge in [-0.2, -0.15) is 0 Å². The van der Waals surface area contributed by atoms with E-state index in [2.05, 4.69) is 13.5 Å². The van der Waals surface area contributed by atoms with Gasteiger partial charge in [-0.25, -0.2) is 0 Å². The summed E-state index contributed by atoms with van der Waals surface area (Å²) in [5.41, 5.74) is 1.63. The Labute approximate surface area is 102 Å². The number of hydrogen-bond acceptors (Lipinski definition) is 0. The molecule has 92 valence electrons. The van der Waals surface area contributed by atoms with Crippen molar-refractivity contribution in [1.29, 1.82) is 0 Å². The smallest absolute Gasteiger partial charge is 0.0203 e. The van der Waals surface area contributed by atoms with Gasteiger partial charge in [0, 0.05) is 0 Å². The summed E-state index contributed by atoms with van der Waals surface area (Å²) in [5, 5.41) is 0. The van der Waals surface area contributed by atoms with E-state index in [1.54, 1.807) is 5.57 Å². The molecule has 0 bridgehead atoms. The van der Waals surface area contributed by atoms with E-state index in [-0.39, 0.29) is 0 Å². The van der Waals surface area contributed by atoms with Crippen LogP contribution in [0.1, 0.15) is 71.1 Å². The van der Waals surface area contributed by atoms with Crippen molar-refractivity contribution in [2.75, 3.05) is 0 Å². The minimum absolute atomic E-state index is 0.869. The van der Waals surface area contributed by atoms with Crippen LogP contribution in [0.5, 0.6) is 0 Å². The van der Waals surface area contributed by atoms with Gasteiger partial charge in [-0.3, -0.25) is 0 Å². The maximum absolute atomic E-state index is 4.47. The van der Waals surface area contributed by atoms with Crippen LogP contribution in [0.3, 0.4) is 0 Å². The van der Waals surface area contributed by atoms with E-state index in [0.717, 1.165) is 17.8 Å². The van der Waals surface area contributed by atoms with E-state index in [1.165, 1.54) is 64.2 Å². The molecule has 0 spiro atoms. The molecular formula is C16H28. The van der Waals surface area contributed by atoms with Crippen molar-refractivity contribution in [2.45, 2.75) is 71.1 Å². The van der Waals surface area contributed by atoms with Crippen LogP contribution >= 0.6 is 0 Å². The molecule has 2 fully saturated rings. The maximum Gasteiger partial charge on any atom is -0.0203 e. The minimum atomic E-state index is 0.869. The van der Waals surface area contributed by atoms with Gasteiger partial charge < -0.3 is 0 Å². The molecule has 0 saturated heterocycles. The summed E-state index contributed by atoms with van der Waals surface area (Å²) >= 11 is 0. The zero-order valence-electron chi connectivity index (χ0n) is 11.0. The van der Waals surface area contributed by atoms with E-state index in [9.17, 15) is 0 Å². The predicted octanol–water partition coefficient (Wildman–Crippen LogP) is 5.34. The van der Waals surface area contributed by atoms with Crippen LogP contribution in [-0.4, -0.2) is 0 Å². The Bertz CT molecular complexity index is 222. The Morgan fingerprint density at radius 1 is 0.750 bits per heavy atom. The zero-order chi connectivity index (χ0) is 11.4. The number of hydrogen-bond donors (Lipinski definition) is 0. The SMILES string of the molecule is C=C(C1CCCCC1)C1CCCC(C)CC1. The Balaban J connectivity index is 1.87. The third-order valence-corrected chi connectivity index (χ3v) is 4.91. The van der Waals surface area contributed by atoms with Gasteiger partial charge in [-0.15, -0.1) is 0 Å². The quantitative estimate of drug-likeness (QED) is 0.435. The standard InChI is InChI=1S/C16H28/c1-13-7-6-10-16(12-11-13)14(2)15-8-4-3-5-9-15/h13,15-16H,2-12H2,1H3. The highest BCUT2D eigenvalue weighted by Gasteiger charge is 2.24. The summed E-state index contributed by atoms with van der Waals surface area (Å²) in [4.78, 5) is 0. The highest BCUT2D eigenvalue weighted by atomic mass is 14.3. The van der Waals surface area contributed by atoms with Gasteiger partial charge in [0.25, 0.3) is 0 Å². The Morgan fingerprint density at radius 3 is 2.12 bits per heavy atom. The summed E-state index contributed by atoms with van der Waals surface area (Å²) < 4.78 is 0. The van der Waals surface area contributed by atoms with Gasteiger partial charge in [-0.05, 0) is 43.4 Å². The second-order valence-corrected chi connectivity index (χ2v) is 6.22. The van der Waals surface area contributed by atoms with E-state index < -0.39 is 0 Å². The third-order valence-electron chi connectivity index (χ3n) is 4.91. The Kier molecular flexibility index (Phi) is 4.49. The molecule has 2 saturated carbocycles. The molecule has 0 aliphatic heterocycles. The average molecular weight is 220 g/mol. The van der Waals surface area contributed by atoms with Crippen molar-refractivity contribution in [2.24, 2.45) is 17.8 Å². The van der Waals surface area contributed by atoms with Crippen molar-refractivity contribution >= 4 is 0 Å². The fourth-order valence-corrected chi connectivity index (χ4v) is 3.66. The van der Waals surface area contributed by atoms with Crippen molar-refractivity contribution in [3.05, 3.63) is 12.2 Å². The van der Waals surface area contributed by atoms with E-state index >= 15 is 0 Å². The zero-order valence-corrected chi connectivity index (χ0v) is 11.0. The van der Waals surface area contributed by atoms with Crippen LogP contribution in [0, 0.1) is 17.8 Å². The second kappa shape index (κ2) is 5.89. The summed E-state index contributed by atoms with van der Waals surface area (Å²) in [7, 11) is 0. The number of rotatable bonds is 2. The molecule has 2 unspecified atom stereocenters. The Morgan fingerprint density at radius 2 is 1.38 bits per heavy atom. The molecule has 2 rings (SSSR count). The van der Waals surface area contributed by atoms with Crippen LogP contribution in [0.4, 0.5) is 0 Å². The topological polar surface area (TPSA) is 0 Å². The van der Waals surface area contributed by atoms with Crippen molar-refractivity contribution in [3.8, 4) is 0 Å². The van der Waals surface area contributed by atoms with Gasteiger partial charge in [0.1, 0.15) is 0 Å². The average Bonchev–Trinajstić information content (AvgIpc) is 2.54. The molecule has 0 aromatic heterocycles. The molecule has 0 heteroatoms. The monoisotopic (exact) mass is 220 g/mol. The summed E-state index contributed by atoms with van der Waals surface area (Å²) in [6.07, 6.45) is 14.4. The molecule has 0 amide bonds. The molecule has 0 N–H and O–H groups in total. The van der Waals surface area contributed by atoms with Gasteiger partial charge in [0.15, 0.2) is 0 Å². The molecule has 0 aromatic carbocycles. The first-order valence-corrected chi connectivity index (χ1v) is 7.46. The first kappa shape index (κ1) is 12.2. The van der Waals surface area contributed by atoms with Gasteiger partial charge in [-0.1, -0.05) is 57.6 Å². The highest BCUT2D eigenvalue weighted by molar-refractivity contribution is 5.07. The second-order valence-electron chi connectivity index (χ2n) is 6.22. The molecule has 16 heavy (non-hydrogen) atoms. The van der Waals surface area contributed by atoms with Crippen molar-refractivity contribution < 1.29 is 0 Å². The Hall–Kier alpha value is -0.260. The lowest BCUT2D eigenvalue weighted by atomic mass is 9.77. The minimum Gasteiger partial charge on any atom is -0.0993 e. The lowest BCUT2D eigenvalue weighted by molar-refractivity contribution is 0.357. The van der Waals surface area contributed by atoms with Gasteiger partial charge in [0.05, 0.1) is 0 Å². The third kappa shape index (κ3) is 3.12. The summed E-state index contributed by atoms with van der Waals surface area (Å²) in [5.74, 6) is 2.71. The van der Waals surface area contributed by atoms with Crippen LogP contribution in [0.2, 0.25) is 0 Å². The van der Waals surface area contributed by atoms with Crippen LogP contribution in [-0.2, 0) is 0 Å². The largest absolute Gasteiger partial charge is 0.0993 e. The fraction of sp³-hybridized carbons (Fsp3) is 0.875. The lowest BCUT2D eigenvalue weighted by Crippen LogP contribution is -2.15. The van der Waals surface area contributed by atoms with Crippen molar-refractivity contribution in [3.63, 3.8) is 0 Å². The molecule has 0 radical (unpaired) electrons. The molecular weight excluding hydrogens is 192 g/mol. The fourth-order valence-electron chi connectivity index (χ4n) is 3.66. The molecule has 2 aliphatic carbocycles. The molecule has 0 nitrogen and oxygen atoms in total. The summed E-state index contributed by atoms with van der Waals surface area (Å²) in [6.45, 7) is 6.89. The van der Waals surface area contributed by atoms with Crippen LogP contribution in [0.15, 0.2) is 12.2 Å². The molecule has 0 heterocycles. The van der Waals surface area contributed by atoms with E-state index in [1.807, 2.05) is 0 Å². The number of allylic oxidation sites excluding steroid dienone is 1. The summed E-state index contributed by atoms with van der Waals surface area (Å²) in [6, 6.07) is 0. The van der Waals surface area contributed by atoms with Crippen LogP contribution < -0.4 is 0 Å². The molecule has 2 aliphatic rings. The normalized spacial score (nSPS) is 33.3. The molecule has 2 atom stereocenters. The first-order chi connectivity index (χ1) is 7.77. The van der Waals surface area contributed by atoms with E-state index in [0.29, 0.717) is 0 Å². The molecule has 0 aromatic rings. The predicted molar refractivity (Wildman–Crippen MR) is 71.5 cm³/mol. The van der Waals surface area contributed by atoms with E-state index in [4.69, 9.17) is 0 Å². The van der Waals surface area contributed by atoms with Crippen LogP contribution in [0.25, 0.3) is 0 Å². The lowest BCUT2D eigenvalue weighted by Gasteiger charge is -2.29. The van der Waals surface area contributed by atoms with Gasteiger partial charge >= 0.3 is 0 Å². The highest BCUT2D eigenvalue weighted by Crippen LogP contribution is 2.38.